The lowest BCUT2D eigenvalue weighted by Crippen LogP contribution is -2.49. The number of piperidine rings is 1. The molecule has 128 valence electrons. The van der Waals surface area contributed by atoms with Crippen molar-refractivity contribution < 1.29 is 4.79 Å². The van der Waals surface area contributed by atoms with Crippen LogP contribution in [0.3, 0.4) is 0 Å². The third-order valence-corrected chi connectivity index (χ3v) is 4.62. The highest BCUT2D eigenvalue weighted by Gasteiger charge is 2.28. The average molecular weight is 327 g/mol. The van der Waals surface area contributed by atoms with Crippen molar-refractivity contribution in [1.82, 2.24) is 19.7 Å². The number of amides is 1. The zero-order valence-corrected chi connectivity index (χ0v) is 14.6. The van der Waals surface area contributed by atoms with Gasteiger partial charge in [-0.3, -0.25) is 9.48 Å². The Bertz CT molecular complexity index is 682. The molecule has 0 aromatic carbocycles. The molecule has 0 saturated carbocycles. The minimum Gasteiger partial charge on any atom is -0.355 e. The van der Waals surface area contributed by atoms with Crippen molar-refractivity contribution in [3.05, 3.63) is 42.4 Å². The molecule has 2 aromatic rings. The van der Waals surface area contributed by atoms with Gasteiger partial charge in [-0.1, -0.05) is 6.07 Å². The molecule has 1 aliphatic heterocycles. The molecule has 1 amide bonds. The van der Waals surface area contributed by atoms with Crippen molar-refractivity contribution in [2.24, 2.45) is 0 Å². The second-order valence-electron chi connectivity index (χ2n) is 6.60. The molecule has 0 bridgehead atoms. The summed E-state index contributed by atoms with van der Waals surface area (Å²) in [6.07, 6.45) is 5.58. The molecule has 1 saturated heterocycles. The van der Waals surface area contributed by atoms with E-state index in [1.807, 2.05) is 50.2 Å². The summed E-state index contributed by atoms with van der Waals surface area (Å²) in [5, 5.41) is 4.28. The Kier molecular flexibility index (Phi) is 4.83. The fourth-order valence-electron chi connectivity index (χ4n) is 3.26. The minimum atomic E-state index is 0.0362. The van der Waals surface area contributed by atoms with E-state index in [-0.39, 0.29) is 18.0 Å². The predicted octanol–water partition coefficient (Wildman–Crippen LogP) is 2.60. The Hall–Kier alpha value is -2.37. The van der Waals surface area contributed by atoms with Crippen LogP contribution in [0.4, 0.5) is 5.82 Å². The van der Waals surface area contributed by atoms with Crippen molar-refractivity contribution in [1.29, 1.82) is 0 Å². The van der Waals surface area contributed by atoms with Crippen LogP contribution in [0.5, 0.6) is 0 Å². The van der Waals surface area contributed by atoms with Gasteiger partial charge in [0.05, 0.1) is 0 Å². The summed E-state index contributed by atoms with van der Waals surface area (Å²) in [5.74, 6) is 1.02. The van der Waals surface area contributed by atoms with Crippen LogP contribution in [-0.2, 0) is 0 Å². The third kappa shape index (κ3) is 3.27. The van der Waals surface area contributed by atoms with Gasteiger partial charge in [-0.15, -0.1) is 0 Å². The molecular weight excluding hydrogens is 302 g/mol. The molecule has 1 unspecified atom stereocenters. The molecule has 3 rings (SSSR count). The number of aromatic nitrogens is 3. The molecule has 0 N–H and O–H groups in total. The van der Waals surface area contributed by atoms with Crippen LogP contribution in [0, 0.1) is 0 Å². The minimum absolute atomic E-state index is 0.0362. The summed E-state index contributed by atoms with van der Waals surface area (Å²) in [6, 6.07) is 8.11. The predicted molar refractivity (Wildman–Crippen MR) is 94.2 cm³/mol. The first kappa shape index (κ1) is 16.5. The van der Waals surface area contributed by atoms with Gasteiger partial charge in [-0.2, -0.15) is 5.10 Å². The number of nitrogens with zero attached hydrogens (tertiary/aromatic N) is 5. The van der Waals surface area contributed by atoms with E-state index in [1.165, 1.54) is 0 Å². The number of anilines is 1. The van der Waals surface area contributed by atoms with E-state index in [4.69, 9.17) is 0 Å². The highest BCUT2D eigenvalue weighted by atomic mass is 16.2. The lowest BCUT2D eigenvalue weighted by molar-refractivity contribution is 0.0702. The molecule has 1 aliphatic rings. The van der Waals surface area contributed by atoms with Crippen LogP contribution in [0.1, 0.15) is 43.2 Å². The van der Waals surface area contributed by atoms with E-state index in [0.29, 0.717) is 5.69 Å². The van der Waals surface area contributed by atoms with Crippen LogP contribution in [0.2, 0.25) is 0 Å². The number of carbonyl (C=O) groups excluding carboxylic acids is 1. The maximum atomic E-state index is 12.9. The van der Waals surface area contributed by atoms with Gasteiger partial charge < -0.3 is 9.80 Å². The summed E-state index contributed by atoms with van der Waals surface area (Å²) in [5.41, 5.74) is 0.655. The van der Waals surface area contributed by atoms with Crippen LogP contribution in [0.15, 0.2) is 36.7 Å². The van der Waals surface area contributed by atoms with E-state index in [2.05, 4.69) is 15.0 Å². The monoisotopic (exact) mass is 327 g/mol. The average Bonchev–Trinajstić information content (AvgIpc) is 3.11. The van der Waals surface area contributed by atoms with Crippen LogP contribution >= 0.6 is 0 Å². The summed E-state index contributed by atoms with van der Waals surface area (Å²) in [4.78, 5) is 21.5. The number of hydrogen-bond acceptors (Lipinski definition) is 4. The number of carbonyl (C=O) groups is 1. The number of hydrogen-bond donors (Lipinski definition) is 0. The van der Waals surface area contributed by atoms with Crippen molar-refractivity contribution in [3.8, 4) is 0 Å². The first-order valence-electron chi connectivity index (χ1n) is 8.54. The number of pyridine rings is 1. The second-order valence-corrected chi connectivity index (χ2v) is 6.60. The van der Waals surface area contributed by atoms with E-state index in [9.17, 15) is 4.79 Å². The highest BCUT2D eigenvalue weighted by Crippen LogP contribution is 2.21. The number of likely N-dealkylation sites (N-methyl/N-ethyl adjacent to an activating group) is 1. The highest BCUT2D eigenvalue weighted by molar-refractivity contribution is 5.92. The summed E-state index contributed by atoms with van der Waals surface area (Å²) in [6.45, 7) is 5.87. The summed E-state index contributed by atoms with van der Waals surface area (Å²) in [7, 11) is 1.90. The molecule has 0 aliphatic carbocycles. The summed E-state index contributed by atoms with van der Waals surface area (Å²) >= 11 is 0. The van der Waals surface area contributed by atoms with E-state index < -0.39 is 0 Å². The van der Waals surface area contributed by atoms with Gasteiger partial charge in [-0.05, 0) is 44.9 Å². The molecule has 1 atom stereocenters. The first-order chi connectivity index (χ1) is 11.6. The van der Waals surface area contributed by atoms with Gasteiger partial charge in [0.15, 0.2) is 0 Å². The van der Waals surface area contributed by atoms with Gasteiger partial charge in [0, 0.05) is 44.6 Å². The fourth-order valence-corrected chi connectivity index (χ4v) is 3.26. The first-order valence-corrected chi connectivity index (χ1v) is 8.54. The zero-order chi connectivity index (χ0) is 17.1. The van der Waals surface area contributed by atoms with Gasteiger partial charge in [0.2, 0.25) is 0 Å². The molecule has 0 radical (unpaired) electrons. The molecule has 3 heterocycles. The van der Waals surface area contributed by atoms with Crippen molar-refractivity contribution in [2.45, 2.75) is 38.8 Å². The third-order valence-electron chi connectivity index (χ3n) is 4.62. The normalized spacial score (nSPS) is 18.0. The fraction of sp³-hybridized carbons (Fsp3) is 0.500. The molecule has 24 heavy (non-hydrogen) atoms. The lowest BCUT2D eigenvalue weighted by atomic mass is 10.0. The Morgan fingerprint density at radius 1 is 1.29 bits per heavy atom. The maximum absolute atomic E-state index is 12.9. The Balaban J connectivity index is 1.73. The van der Waals surface area contributed by atoms with Crippen LogP contribution < -0.4 is 4.90 Å². The summed E-state index contributed by atoms with van der Waals surface area (Å²) < 4.78 is 1.79. The molecular formula is C18H25N5O. The van der Waals surface area contributed by atoms with Crippen LogP contribution in [-0.4, -0.2) is 51.8 Å². The smallest absolute Gasteiger partial charge is 0.272 e. The Morgan fingerprint density at radius 2 is 2.12 bits per heavy atom. The van der Waals surface area contributed by atoms with Crippen LogP contribution in [0.25, 0.3) is 0 Å². The standard InChI is InChI=1S/C18H25N5O/c1-14(2)23-16(9-11-20-23)18(24)21(3)15-7-6-12-22(13-15)17-8-4-5-10-19-17/h4-5,8-11,14-15H,6-7,12-13H2,1-3H3. The second kappa shape index (κ2) is 7.03. The Morgan fingerprint density at radius 3 is 2.83 bits per heavy atom. The molecule has 2 aromatic heterocycles. The van der Waals surface area contributed by atoms with Gasteiger partial charge in [-0.25, -0.2) is 4.98 Å². The van der Waals surface area contributed by atoms with Crippen molar-refractivity contribution in [3.63, 3.8) is 0 Å². The van der Waals surface area contributed by atoms with Crippen molar-refractivity contribution >= 4 is 11.7 Å². The lowest BCUT2D eigenvalue weighted by Gasteiger charge is -2.38. The molecule has 6 nitrogen and oxygen atoms in total. The van der Waals surface area contributed by atoms with Gasteiger partial charge in [0.1, 0.15) is 11.5 Å². The molecule has 1 fully saturated rings. The van der Waals surface area contributed by atoms with E-state index >= 15 is 0 Å². The van der Waals surface area contributed by atoms with Gasteiger partial charge in [0.25, 0.3) is 5.91 Å². The molecule has 0 spiro atoms. The maximum Gasteiger partial charge on any atom is 0.272 e. The molecule has 6 heteroatoms. The van der Waals surface area contributed by atoms with E-state index in [1.54, 1.807) is 16.9 Å². The quantitative estimate of drug-likeness (QED) is 0.866. The van der Waals surface area contributed by atoms with Crippen molar-refractivity contribution in [2.75, 3.05) is 25.0 Å². The number of rotatable bonds is 4. The van der Waals surface area contributed by atoms with Gasteiger partial charge >= 0.3 is 0 Å². The SMILES string of the molecule is CC(C)n1nccc1C(=O)N(C)C1CCCN(c2ccccn2)C1. The Labute approximate surface area is 143 Å². The zero-order valence-electron chi connectivity index (χ0n) is 14.6. The topological polar surface area (TPSA) is 54.3 Å². The largest absolute Gasteiger partial charge is 0.355 e. The van der Waals surface area contributed by atoms with E-state index in [0.717, 1.165) is 31.7 Å².